The molecule has 1 aliphatic heterocycles. The second kappa shape index (κ2) is 6.91. The van der Waals surface area contributed by atoms with Gasteiger partial charge < -0.3 is 14.6 Å². The lowest BCUT2D eigenvalue weighted by molar-refractivity contribution is 0.0919. The molecule has 1 heterocycles. The van der Waals surface area contributed by atoms with E-state index in [0.717, 1.165) is 0 Å². The van der Waals surface area contributed by atoms with Crippen LogP contribution in [0.2, 0.25) is 0 Å². The summed E-state index contributed by atoms with van der Waals surface area (Å²) in [5, 5.41) is 8.33. The van der Waals surface area contributed by atoms with Crippen molar-refractivity contribution in [3.63, 3.8) is 0 Å². The van der Waals surface area contributed by atoms with E-state index in [0.29, 0.717) is 0 Å². The lowest BCUT2D eigenvalue weighted by Gasteiger charge is -1.96. The second-order valence-corrected chi connectivity index (χ2v) is 2.48. The highest BCUT2D eigenvalue weighted by molar-refractivity contribution is 5.61. The van der Waals surface area contributed by atoms with Crippen molar-refractivity contribution in [2.45, 2.75) is 32.8 Å². The van der Waals surface area contributed by atoms with Crippen LogP contribution >= 0.6 is 0 Å². The fraction of sp³-hybridized carbons (Fsp3) is 0.875. The van der Waals surface area contributed by atoms with Gasteiger partial charge in [0.25, 0.3) is 0 Å². The first-order chi connectivity index (χ1) is 5.74. The maximum Gasteiger partial charge on any atom is 0.508 e. The highest BCUT2D eigenvalue weighted by atomic mass is 16.8. The predicted octanol–water partition coefficient (Wildman–Crippen LogP) is 1.32. The summed E-state index contributed by atoms with van der Waals surface area (Å²) in [6.07, 6.45) is 1.51. The van der Waals surface area contributed by atoms with Crippen LogP contribution in [0.15, 0.2) is 0 Å². The average Bonchev–Trinajstić information content (AvgIpc) is 2.52. The topological polar surface area (TPSA) is 55.8 Å². The standard InChI is InChI=1S/C4H6O4.C4H10/c5-1-3-2-7-4(6)8-3;1-3-4-2/h3,5H,1-2H2;3-4H2,1-2H3. The zero-order valence-electron chi connectivity index (χ0n) is 7.58. The molecule has 1 N–H and O–H groups in total. The third-order valence-electron chi connectivity index (χ3n) is 1.35. The number of cyclic esters (lactones) is 2. The van der Waals surface area contributed by atoms with Gasteiger partial charge in [-0.15, -0.1) is 0 Å². The van der Waals surface area contributed by atoms with Crippen LogP contribution in [0.1, 0.15) is 26.7 Å². The van der Waals surface area contributed by atoms with Crippen molar-refractivity contribution in [2.75, 3.05) is 13.2 Å². The Balaban J connectivity index is 0.000000261. The van der Waals surface area contributed by atoms with E-state index in [1.165, 1.54) is 12.8 Å². The molecular formula is C8H16O4. The van der Waals surface area contributed by atoms with Gasteiger partial charge in [-0.05, 0) is 0 Å². The van der Waals surface area contributed by atoms with Gasteiger partial charge in [0.05, 0.1) is 6.61 Å². The average molecular weight is 176 g/mol. The molecule has 0 saturated carbocycles. The van der Waals surface area contributed by atoms with E-state index in [9.17, 15) is 4.79 Å². The monoisotopic (exact) mass is 176 g/mol. The number of hydrogen-bond donors (Lipinski definition) is 1. The van der Waals surface area contributed by atoms with Gasteiger partial charge in [-0.3, -0.25) is 0 Å². The number of aliphatic hydroxyl groups excluding tert-OH is 1. The molecule has 4 heteroatoms. The van der Waals surface area contributed by atoms with Crippen LogP contribution in [0.5, 0.6) is 0 Å². The Labute approximate surface area is 72.5 Å². The molecule has 0 aromatic heterocycles. The van der Waals surface area contributed by atoms with E-state index in [4.69, 9.17) is 5.11 Å². The van der Waals surface area contributed by atoms with Crippen LogP contribution < -0.4 is 0 Å². The van der Waals surface area contributed by atoms with Crippen molar-refractivity contribution in [1.29, 1.82) is 0 Å². The summed E-state index contributed by atoms with van der Waals surface area (Å²) in [6.45, 7) is 4.38. The molecule has 1 rings (SSSR count). The van der Waals surface area contributed by atoms with Crippen LogP contribution in [0.4, 0.5) is 4.79 Å². The second-order valence-electron chi connectivity index (χ2n) is 2.48. The molecule has 1 atom stereocenters. The van der Waals surface area contributed by atoms with Crippen molar-refractivity contribution >= 4 is 6.16 Å². The molecule has 1 unspecified atom stereocenters. The lowest BCUT2D eigenvalue weighted by atomic mass is 10.4. The Kier molecular flexibility index (Phi) is 6.47. The van der Waals surface area contributed by atoms with E-state index in [2.05, 4.69) is 23.3 Å². The molecule has 0 spiro atoms. The quantitative estimate of drug-likeness (QED) is 0.645. The third kappa shape index (κ3) is 4.96. The minimum absolute atomic E-state index is 0.161. The molecule has 1 aliphatic rings. The maximum atomic E-state index is 10.1. The van der Waals surface area contributed by atoms with Crippen molar-refractivity contribution < 1.29 is 19.4 Å². The highest BCUT2D eigenvalue weighted by Gasteiger charge is 2.23. The van der Waals surface area contributed by atoms with Crippen molar-refractivity contribution in [3.8, 4) is 0 Å². The van der Waals surface area contributed by atoms with Crippen LogP contribution in [-0.4, -0.2) is 30.6 Å². The smallest absolute Gasteiger partial charge is 0.430 e. The molecule has 0 radical (unpaired) electrons. The zero-order valence-corrected chi connectivity index (χ0v) is 7.58. The summed E-state index contributed by atoms with van der Waals surface area (Å²) < 4.78 is 8.73. The van der Waals surface area contributed by atoms with Crippen LogP contribution in [0, 0.1) is 0 Å². The fourth-order valence-electron chi connectivity index (χ4n) is 0.455. The number of carbonyl (C=O) groups is 1. The van der Waals surface area contributed by atoms with E-state index < -0.39 is 12.3 Å². The van der Waals surface area contributed by atoms with Gasteiger partial charge in [-0.25, -0.2) is 4.79 Å². The van der Waals surface area contributed by atoms with E-state index in [-0.39, 0.29) is 13.2 Å². The van der Waals surface area contributed by atoms with E-state index >= 15 is 0 Å². The lowest BCUT2D eigenvalue weighted by Crippen LogP contribution is -2.14. The van der Waals surface area contributed by atoms with Gasteiger partial charge in [0, 0.05) is 0 Å². The van der Waals surface area contributed by atoms with Gasteiger partial charge in [0.2, 0.25) is 0 Å². The van der Waals surface area contributed by atoms with Crippen molar-refractivity contribution in [3.05, 3.63) is 0 Å². The molecule has 0 aromatic rings. The van der Waals surface area contributed by atoms with Gasteiger partial charge >= 0.3 is 6.16 Å². The first-order valence-electron chi connectivity index (χ1n) is 4.18. The first-order valence-corrected chi connectivity index (χ1v) is 4.18. The summed E-state index contributed by atoms with van der Waals surface area (Å²) in [7, 11) is 0. The van der Waals surface area contributed by atoms with Crippen molar-refractivity contribution in [2.24, 2.45) is 0 Å². The summed E-state index contributed by atoms with van der Waals surface area (Å²) in [5.74, 6) is 0. The van der Waals surface area contributed by atoms with Gasteiger partial charge in [-0.1, -0.05) is 26.7 Å². The zero-order chi connectivity index (χ0) is 9.40. The van der Waals surface area contributed by atoms with Crippen LogP contribution in [0.25, 0.3) is 0 Å². The summed E-state index contributed by atoms with van der Waals surface area (Å²) in [5.41, 5.74) is 0. The Bertz CT molecular complexity index is 122. The Morgan fingerprint density at radius 1 is 1.50 bits per heavy atom. The molecule has 0 aliphatic carbocycles. The molecule has 12 heavy (non-hydrogen) atoms. The number of hydrogen-bond acceptors (Lipinski definition) is 4. The SMILES string of the molecule is CCCC.O=C1OCC(CO)O1. The number of aliphatic hydroxyl groups is 1. The Hall–Kier alpha value is -0.770. The Morgan fingerprint density at radius 2 is 2.08 bits per heavy atom. The van der Waals surface area contributed by atoms with Gasteiger partial charge in [-0.2, -0.15) is 0 Å². The largest absolute Gasteiger partial charge is 0.508 e. The van der Waals surface area contributed by atoms with Gasteiger partial charge in [0.15, 0.2) is 6.10 Å². The molecule has 72 valence electrons. The Morgan fingerprint density at radius 3 is 2.25 bits per heavy atom. The molecule has 4 nitrogen and oxygen atoms in total. The molecule has 0 bridgehead atoms. The van der Waals surface area contributed by atoms with E-state index in [1.54, 1.807) is 0 Å². The molecule has 0 amide bonds. The summed E-state index contributed by atoms with van der Waals surface area (Å²) in [6, 6.07) is 0. The number of carbonyl (C=O) groups excluding carboxylic acids is 1. The minimum atomic E-state index is -0.691. The maximum absolute atomic E-state index is 10.1. The predicted molar refractivity (Wildman–Crippen MR) is 43.9 cm³/mol. The highest BCUT2D eigenvalue weighted by Crippen LogP contribution is 2.03. The first kappa shape index (κ1) is 11.2. The summed E-state index contributed by atoms with van der Waals surface area (Å²) >= 11 is 0. The van der Waals surface area contributed by atoms with E-state index in [1.807, 2.05) is 0 Å². The number of unbranched alkanes of at least 4 members (excludes halogenated alkanes) is 1. The molecule has 0 aromatic carbocycles. The summed E-state index contributed by atoms with van der Waals surface area (Å²) in [4.78, 5) is 10.1. The third-order valence-corrected chi connectivity index (χ3v) is 1.35. The minimum Gasteiger partial charge on any atom is -0.430 e. The fourth-order valence-corrected chi connectivity index (χ4v) is 0.455. The molecule has 1 fully saturated rings. The molecular weight excluding hydrogens is 160 g/mol. The van der Waals surface area contributed by atoms with Gasteiger partial charge in [0.1, 0.15) is 6.61 Å². The van der Waals surface area contributed by atoms with Crippen LogP contribution in [0.3, 0.4) is 0 Å². The number of ether oxygens (including phenoxy) is 2. The number of rotatable bonds is 2. The normalized spacial score (nSPS) is 20.6. The van der Waals surface area contributed by atoms with Crippen molar-refractivity contribution in [1.82, 2.24) is 0 Å². The molecule has 1 saturated heterocycles. The van der Waals surface area contributed by atoms with Crippen LogP contribution in [-0.2, 0) is 9.47 Å².